The Bertz CT molecular complexity index is 1580. The minimum Gasteiger partial charge on any atom is -0.257 e. The van der Waals surface area contributed by atoms with Crippen LogP contribution in [0, 0.1) is 5.82 Å². The highest BCUT2D eigenvalue weighted by molar-refractivity contribution is 6.29. The number of hydrogen-bond acceptors (Lipinski definition) is 6. The molecule has 0 aliphatic heterocycles. The summed E-state index contributed by atoms with van der Waals surface area (Å²) in [5.74, 6) is -1.12. The van der Waals surface area contributed by atoms with Crippen molar-refractivity contribution in [3.8, 4) is 11.3 Å². The van der Waals surface area contributed by atoms with Gasteiger partial charge >= 0.3 is 6.30 Å². The van der Waals surface area contributed by atoms with E-state index in [4.69, 9.17) is 11.6 Å². The van der Waals surface area contributed by atoms with E-state index in [1.165, 1.54) is 22.7 Å². The summed E-state index contributed by atoms with van der Waals surface area (Å²) in [5.41, 5.74) is 1.07. The van der Waals surface area contributed by atoms with Crippen LogP contribution in [0.15, 0.2) is 54.9 Å². The fourth-order valence-corrected chi connectivity index (χ4v) is 4.24. The Morgan fingerprint density at radius 1 is 1.00 bits per heavy atom. The van der Waals surface area contributed by atoms with Gasteiger partial charge in [0.2, 0.25) is 5.28 Å². The fourth-order valence-electron chi connectivity index (χ4n) is 4.04. The van der Waals surface area contributed by atoms with Gasteiger partial charge in [0.15, 0.2) is 5.82 Å². The zero-order chi connectivity index (χ0) is 24.3. The zero-order valence-electron chi connectivity index (χ0n) is 17.7. The minimum atomic E-state index is -4.95. The van der Waals surface area contributed by atoms with Gasteiger partial charge in [0.25, 0.3) is 5.78 Å². The molecule has 0 bridgehead atoms. The molecule has 3 heterocycles. The molecule has 6 rings (SSSR count). The number of anilines is 2. The van der Waals surface area contributed by atoms with Crippen LogP contribution in [0.4, 0.5) is 29.1 Å². The molecule has 0 N–H and O–H groups in total. The van der Waals surface area contributed by atoms with Crippen molar-refractivity contribution in [2.75, 3.05) is 4.90 Å². The van der Waals surface area contributed by atoms with E-state index in [2.05, 4.69) is 25.1 Å². The van der Waals surface area contributed by atoms with Gasteiger partial charge in [-0.15, -0.1) is 23.4 Å². The first-order valence-electron chi connectivity index (χ1n) is 10.6. The summed E-state index contributed by atoms with van der Waals surface area (Å²) >= 11 is 6.09. The van der Waals surface area contributed by atoms with Crippen molar-refractivity contribution in [3.63, 3.8) is 0 Å². The molecule has 35 heavy (non-hydrogen) atoms. The second-order valence-electron chi connectivity index (χ2n) is 8.16. The lowest BCUT2D eigenvalue weighted by molar-refractivity contribution is -0.121. The van der Waals surface area contributed by atoms with E-state index < -0.39 is 23.6 Å². The summed E-state index contributed by atoms with van der Waals surface area (Å²) in [6.07, 6.45) is 0.131. The monoisotopic (exact) mass is 499 g/mol. The predicted molar refractivity (Wildman–Crippen MR) is 121 cm³/mol. The lowest BCUT2D eigenvalue weighted by Gasteiger charge is -2.27. The van der Waals surface area contributed by atoms with Crippen molar-refractivity contribution in [2.45, 2.75) is 25.1 Å². The molecule has 7 nitrogen and oxygen atoms in total. The molecule has 0 amide bonds. The zero-order valence-corrected chi connectivity index (χ0v) is 18.5. The first-order chi connectivity index (χ1) is 16.8. The Morgan fingerprint density at radius 2 is 1.80 bits per heavy atom. The molecule has 1 aliphatic rings. The quantitative estimate of drug-likeness (QED) is 0.221. The van der Waals surface area contributed by atoms with E-state index >= 15 is 0 Å². The van der Waals surface area contributed by atoms with E-state index in [1.54, 1.807) is 24.4 Å². The van der Waals surface area contributed by atoms with Crippen molar-refractivity contribution in [2.24, 2.45) is 0 Å². The third-order valence-electron chi connectivity index (χ3n) is 5.77. The first kappa shape index (κ1) is 21.7. The second kappa shape index (κ2) is 7.84. The molecular weight excluding hydrogens is 486 g/mol. The Kier molecular flexibility index (Phi) is 4.85. The van der Waals surface area contributed by atoms with E-state index in [9.17, 15) is 17.6 Å². The van der Waals surface area contributed by atoms with Crippen LogP contribution in [0.25, 0.3) is 27.9 Å². The Labute approximate surface area is 200 Å². The SMILES string of the molecule is Fc1cc(-c2cnc(C3CC3)cn2)cc(N(c2nc3nnc(Cl)n3c3ccccc23)C(F)(F)F)c1. The van der Waals surface area contributed by atoms with E-state index in [0.717, 1.165) is 30.7 Å². The molecule has 1 aliphatic carbocycles. The van der Waals surface area contributed by atoms with Crippen LogP contribution in [-0.4, -0.2) is 35.9 Å². The molecule has 1 fully saturated rings. The minimum absolute atomic E-state index is 0.0104. The Morgan fingerprint density at radius 3 is 2.51 bits per heavy atom. The molecule has 0 spiro atoms. The van der Waals surface area contributed by atoms with Crippen LogP contribution in [0.1, 0.15) is 24.5 Å². The molecule has 12 heteroatoms. The predicted octanol–water partition coefficient (Wildman–Crippen LogP) is 6.06. The standard InChI is InChI=1S/C23H14ClF4N7/c24-21-32-33-22-31-20(16-3-1-2-4-19(16)34(21)22)35(23(26,27)28)15-8-13(7-14(25)9-15)18-11-29-17(10-30-18)12-5-6-12/h1-4,7-12H,5-6H2. The van der Waals surface area contributed by atoms with Gasteiger partial charge in [0, 0.05) is 23.1 Å². The van der Waals surface area contributed by atoms with Crippen LogP contribution in [0.5, 0.6) is 0 Å². The Hall–Kier alpha value is -3.86. The van der Waals surface area contributed by atoms with Crippen molar-refractivity contribution in [1.82, 2.24) is 29.5 Å². The van der Waals surface area contributed by atoms with Crippen LogP contribution in [0.3, 0.4) is 0 Å². The normalized spacial score (nSPS) is 14.1. The van der Waals surface area contributed by atoms with Crippen molar-refractivity contribution >= 4 is 39.8 Å². The number of alkyl halides is 3. The maximum absolute atomic E-state index is 14.7. The van der Waals surface area contributed by atoms with Gasteiger partial charge in [-0.3, -0.25) is 9.97 Å². The number of nitrogens with zero attached hydrogens (tertiary/aromatic N) is 7. The number of fused-ring (bicyclic) bond motifs is 3. The second-order valence-corrected chi connectivity index (χ2v) is 8.50. The molecule has 0 radical (unpaired) electrons. The van der Waals surface area contributed by atoms with Crippen LogP contribution in [-0.2, 0) is 0 Å². The largest absolute Gasteiger partial charge is 0.490 e. The molecule has 176 valence electrons. The van der Waals surface area contributed by atoms with Gasteiger partial charge < -0.3 is 0 Å². The van der Waals surface area contributed by atoms with Crippen molar-refractivity contribution < 1.29 is 17.6 Å². The molecule has 5 aromatic rings. The average molecular weight is 500 g/mol. The Balaban J connectivity index is 1.54. The molecule has 0 saturated heterocycles. The summed E-state index contributed by atoms with van der Waals surface area (Å²) < 4.78 is 59.5. The highest BCUT2D eigenvalue weighted by Crippen LogP contribution is 2.42. The van der Waals surface area contributed by atoms with Gasteiger partial charge in [-0.1, -0.05) is 12.1 Å². The third kappa shape index (κ3) is 3.81. The summed E-state index contributed by atoms with van der Waals surface area (Å²) in [5, 5.41) is 7.57. The molecule has 1 saturated carbocycles. The van der Waals surface area contributed by atoms with E-state index in [-0.39, 0.29) is 32.6 Å². The van der Waals surface area contributed by atoms with Crippen LogP contribution < -0.4 is 4.90 Å². The lowest BCUT2D eigenvalue weighted by Crippen LogP contribution is -2.34. The fraction of sp³-hybridized carbons (Fsp3) is 0.174. The van der Waals surface area contributed by atoms with Crippen molar-refractivity contribution in [3.05, 3.63) is 71.7 Å². The number of benzene rings is 2. The summed E-state index contributed by atoms with van der Waals surface area (Å²) in [6.45, 7) is 0. The highest BCUT2D eigenvalue weighted by Gasteiger charge is 2.41. The number of hydrogen-bond donors (Lipinski definition) is 0. The molecular formula is C23H14ClF4N7. The summed E-state index contributed by atoms with van der Waals surface area (Å²) in [7, 11) is 0. The van der Waals surface area contributed by atoms with Crippen LogP contribution >= 0.6 is 11.6 Å². The van der Waals surface area contributed by atoms with Gasteiger partial charge in [-0.05, 0) is 54.8 Å². The maximum Gasteiger partial charge on any atom is 0.490 e. The third-order valence-corrected chi connectivity index (χ3v) is 6.01. The number of aromatic nitrogens is 6. The lowest BCUT2D eigenvalue weighted by atomic mass is 10.1. The number of para-hydroxylation sites is 1. The van der Waals surface area contributed by atoms with Gasteiger partial charge in [0.05, 0.1) is 28.8 Å². The van der Waals surface area contributed by atoms with Gasteiger partial charge in [-0.2, -0.15) is 4.98 Å². The number of halogens is 5. The molecule has 2 aromatic carbocycles. The van der Waals surface area contributed by atoms with E-state index in [1.807, 2.05) is 0 Å². The van der Waals surface area contributed by atoms with Crippen LogP contribution in [0.2, 0.25) is 5.28 Å². The molecule has 3 aromatic heterocycles. The van der Waals surface area contributed by atoms with Gasteiger partial charge in [-0.25, -0.2) is 13.7 Å². The highest BCUT2D eigenvalue weighted by atomic mass is 35.5. The average Bonchev–Trinajstić information content (AvgIpc) is 3.61. The van der Waals surface area contributed by atoms with E-state index in [0.29, 0.717) is 11.4 Å². The molecule has 0 atom stereocenters. The summed E-state index contributed by atoms with van der Waals surface area (Å²) in [6, 6.07) is 9.37. The number of rotatable bonds is 4. The van der Waals surface area contributed by atoms with Crippen molar-refractivity contribution in [1.29, 1.82) is 0 Å². The smallest absolute Gasteiger partial charge is 0.257 e. The first-order valence-corrected chi connectivity index (χ1v) is 11.0. The topological polar surface area (TPSA) is 72.1 Å². The maximum atomic E-state index is 14.7. The summed E-state index contributed by atoms with van der Waals surface area (Å²) in [4.78, 5) is 12.7. The van der Waals surface area contributed by atoms with Gasteiger partial charge in [0.1, 0.15) is 5.82 Å². The molecule has 0 unspecified atom stereocenters.